The van der Waals surface area contributed by atoms with E-state index in [2.05, 4.69) is 4.90 Å². The van der Waals surface area contributed by atoms with E-state index in [-0.39, 0.29) is 11.7 Å². The Morgan fingerprint density at radius 3 is 2.47 bits per heavy atom. The Morgan fingerprint density at radius 2 is 1.67 bits per heavy atom. The molecule has 5 heteroatoms. The van der Waals surface area contributed by atoms with Gasteiger partial charge in [0.05, 0.1) is 14.2 Å². The first-order valence-electron chi connectivity index (χ1n) is 11.6. The minimum atomic E-state index is 0.262. The van der Waals surface area contributed by atoms with Crippen molar-refractivity contribution in [1.82, 2.24) is 4.90 Å². The molecule has 1 amide bonds. The van der Waals surface area contributed by atoms with E-state index in [4.69, 9.17) is 9.47 Å². The summed E-state index contributed by atoms with van der Waals surface area (Å²) < 4.78 is 10.6. The Morgan fingerprint density at radius 1 is 0.933 bits per heavy atom. The van der Waals surface area contributed by atoms with Crippen molar-refractivity contribution < 1.29 is 19.1 Å². The van der Waals surface area contributed by atoms with Gasteiger partial charge in [0.15, 0.2) is 11.5 Å². The number of aryl methyl sites for hydroxylation is 1. The predicted octanol–water partition coefficient (Wildman–Crippen LogP) is 4.95. The van der Waals surface area contributed by atoms with Crippen molar-refractivity contribution in [3.05, 3.63) is 23.8 Å². The van der Waals surface area contributed by atoms with Gasteiger partial charge in [0.25, 0.3) is 0 Å². The summed E-state index contributed by atoms with van der Waals surface area (Å²) in [5.74, 6) is 2.69. The van der Waals surface area contributed by atoms with Gasteiger partial charge in [0, 0.05) is 31.8 Å². The van der Waals surface area contributed by atoms with Gasteiger partial charge in [-0.3, -0.25) is 9.59 Å². The number of carbonyl (C=O) groups is 2. The number of benzene rings is 1. The smallest absolute Gasteiger partial charge is 0.222 e. The molecule has 0 N–H and O–H groups in total. The first-order chi connectivity index (χ1) is 14.6. The minimum absolute atomic E-state index is 0.262. The predicted molar refractivity (Wildman–Crippen MR) is 118 cm³/mol. The van der Waals surface area contributed by atoms with E-state index in [0.717, 1.165) is 48.8 Å². The van der Waals surface area contributed by atoms with Crippen molar-refractivity contribution in [2.24, 2.45) is 5.92 Å². The first-order valence-corrected chi connectivity index (χ1v) is 11.6. The number of nitrogens with zero attached hydrogens (tertiary/aromatic N) is 1. The van der Waals surface area contributed by atoms with Crippen LogP contribution in [0.1, 0.15) is 76.2 Å². The molecule has 166 valence electrons. The van der Waals surface area contributed by atoms with Crippen molar-refractivity contribution in [2.75, 3.05) is 20.8 Å². The first kappa shape index (κ1) is 22.6. The Kier molecular flexibility index (Phi) is 8.59. The second kappa shape index (κ2) is 11.4. The van der Waals surface area contributed by atoms with E-state index < -0.39 is 0 Å². The lowest BCUT2D eigenvalue weighted by Gasteiger charge is -2.44. The average Bonchev–Trinajstić information content (AvgIpc) is 2.78. The number of ether oxygens (including phenoxy) is 2. The lowest BCUT2D eigenvalue weighted by atomic mass is 9.78. The number of hydrogen-bond acceptors (Lipinski definition) is 4. The van der Waals surface area contributed by atoms with Crippen LogP contribution in [-0.2, 0) is 16.0 Å². The van der Waals surface area contributed by atoms with Crippen molar-refractivity contribution in [3.63, 3.8) is 0 Å². The van der Waals surface area contributed by atoms with Crippen LogP contribution < -0.4 is 9.47 Å². The lowest BCUT2D eigenvalue weighted by Crippen LogP contribution is -2.49. The van der Waals surface area contributed by atoms with Crippen LogP contribution in [0.2, 0.25) is 0 Å². The summed E-state index contributed by atoms with van der Waals surface area (Å²) in [6.07, 6.45) is 11.4. The Bertz CT molecular complexity index is 715. The van der Waals surface area contributed by atoms with Gasteiger partial charge < -0.3 is 14.4 Å². The van der Waals surface area contributed by atoms with Crippen LogP contribution in [0, 0.1) is 5.92 Å². The van der Waals surface area contributed by atoms with Gasteiger partial charge in [-0.1, -0.05) is 18.9 Å². The van der Waals surface area contributed by atoms with Crippen LogP contribution in [0.5, 0.6) is 11.5 Å². The SMILES string of the molecule is COc1ccc(CCCC(=O)CCCC(=O)N2CCCC3CCCCC32)cc1OC. The summed E-state index contributed by atoms with van der Waals surface area (Å²) in [5, 5.41) is 0. The summed E-state index contributed by atoms with van der Waals surface area (Å²) in [4.78, 5) is 27.2. The summed E-state index contributed by atoms with van der Waals surface area (Å²) >= 11 is 0. The Balaban J connectivity index is 1.35. The van der Waals surface area contributed by atoms with E-state index >= 15 is 0 Å². The maximum Gasteiger partial charge on any atom is 0.222 e. The van der Waals surface area contributed by atoms with Crippen LogP contribution >= 0.6 is 0 Å². The van der Waals surface area contributed by atoms with E-state index in [1.807, 2.05) is 18.2 Å². The van der Waals surface area contributed by atoms with Crippen molar-refractivity contribution >= 4 is 11.7 Å². The molecule has 0 radical (unpaired) electrons. The molecule has 2 fully saturated rings. The van der Waals surface area contributed by atoms with E-state index in [1.54, 1.807) is 14.2 Å². The molecule has 0 spiro atoms. The highest BCUT2D eigenvalue weighted by atomic mass is 16.5. The molecule has 1 heterocycles. The number of ketones is 1. The summed E-state index contributed by atoms with van der Waals surface area (Å²) in [7, 11) is 3.25. The summed E-state index contributed by atoms with van der Waals surface area (Å²) in [6, 6.07) is 6.36. The molecule has 1 saturated heterocycles. The van der Waals surface area contributed by atoms with Gasteiger partial charge in [0.1, 0.15) is 5.78 Å². The molecule has 1 aliphatic carbocycles. The molecule has 2 aliphatic rings. The number of carbonyl (C=O) groups excluding carboxylic acids is 2. The number of methoxy groups -OCH3 is 2. The fourth-order valence-electron chi connectivity index (χ4n) is 5.17. The van der Waals surface area contributed by atoms with Gasteiger partial charge >= 0.3 is 0 Å². The maximum atomic E-state index is 12.7. The van der Waals surface area contributed by atoms with E-state index in [0.29, 0.717) is 31.7 Å². The summed E-state index contributed by atoms with van der Waals surface area (Å²) in [6.45, 7) is 0.916. The fourth-order valence-corrected chi connectivity index (χ4v) is 5.17. The molecule has 0 bridgehead atoms. The zero-order valence-corrected chi connectivity index (χ0v) is 18.7. The number of amides is 1. The van der Waals surface area contributed by atoms with Gasteiger partial charge in [-0.2, -0.15) is 0 Å². The third-order valence-corrected chi connectivity index (χ3v) is 6.78. The molecule has 1 aromatic carbocycles. The van der Waals surface area contributed by atoms with Crippen LogP contribution in [-0.4, -0.2) is 43.4 Å². The zero-order chi connectivity index (χ0) is 21.3. The number of likely N-dealkylation sites (tertiary alicyclic amines) is 1. The number of fused-ring (bicyclic) bond motifs is 1. The van der Waals surface area contributed by atoms with E-state index in [9.17, 15) is 9.59 Å². The largest absolute Gasteiger partial charge is 0.493 e. The Hall–Kier alpha value is -2.04. The number of Topliss-reactive ketones (excluding diaryl/α,β-unsaturated/α-hetero) is 1. The monoisotopic (exact) mass is 415 g/mol. The van der Waals surface area contributed by atoms with Crippen LogP contribution in [0.25, 0.3) is 0 Å². The molecule has 1 aromatic rings. The Labute approximate surface area is 181 Å². The average molecular weight is 416 g/mol. The second-order valence-corrected chi connectivity index (χ2v) is 8.78. The van der Waals surface area contributed by atoms with E-state index in [1.165, 1.54) is 32.1 Å². The molecular formula is C25H37NO4. The van der Waals surface area contributed by atoms with Gasteiger partial charge in [0.2, 0.25) is 5.91 Å². The van der Waals surface area contributed by atoms with Gasteiger partial charge in [-0.15, -0.1) is 0 Å². The standard InChI is InChI=1S/C25H37NO4/c1-29-23-16-15-19(18-24(23)30-2)8-5-11-21(27)12-6-14-25(28)26-17-7-10-20-9-3-4-13-22(20)26/h15-16,18,20,22H,3-14,17H2,1-2H3. The molecule has 1 aliphatic heterocycles. The van der Waals surface area contributed by atoms with Crippen LogP contribution in [0.15, 0.2) is 18.2 Å². The number of rotatable bonds is 10. The minimum Gasteiger partial charge on any atom is -0.493 e. The van der Waals surface area contributed by atoms with Crippen molar-refractivity contribution in [1.29, 1.82) is 0 Å². The lowest BCUT2D eigenvalue weighted by molar-refractivity contribution is -0.137. The molecular weight excluding hydrogens is 378 g/mol. The van der Waals surface area contributed by atoms with Crippen LogP contribution in [0.4, 0.5) is 0 Å². The fraction of sp³-hybridized carbons (Fsp3) is 0.680. The molecule has 2 atom stereocenters. The molecule has 30 heavy (non-hydrogen) atoms. The molecule has 5 nitrogen and oxygen atoms in total. The molecule has 1 saturated carbocycles. The topological polar surface area (TPSA) is 55.8 Å². The highest BCUT2D eigenvalue weighted by Crippen LogP contribution is 2.35. The van der Waals surface area contributed by atoms with Gasteiger partial charge in [-0.05, 0) is 68.6 Å². The molecule has 0 aromatic heterocycles. The molecule has 2 unspecified atom stereocenters. The van der Waals surface area contributed by atoms with Crippen LogP contribution in [0.3, 0.4) is 0 Å². The second-order valence-electron chi connectivity index (χ2n) is 8.78. The van der Waals surface area contributed by atoms with Crippen molar-refractivity contribution in [3.8, 4) is 11.5 Å². The quantitative estimate of drug-likeness (QED) is 0.543. The third-order valence-electron chi connectivity index (χ3n) is 6.78. The normalized spacial score (nSPS) is 21.1. The highest BCUT2D eigenvalue weighted by molar-refractivity contribution is 5.80. The zero-order valence-electron chi connectivity index (χ0n) is 18.7. The maximum absolute atomic E-state index is 12.7. The summed E-state index contributed by atoms with van der Waals surface area (Å²) in [5.41, 5.74) is 1.14. The molecule has 3 rings (SSSR count). The van der Waals surface area contributed by atoms with Gasteiger partial charge in [-0.25, -0.2) is 0 Å². The van der Waals surface area contributed by atoms with Crippen molar-refractivity contribution in [2.45, 2.75) is 83.1 Å². The number of hydrogen-bond donors (Lipinski definition) is 0. The third kappa shape index (κ3) is 5.99. The number of piperidine rings is 1. The highest BCUT2D eigenvalue weighted by Gasteiger charge is 2.35.